The third kappa shape index (κ3) is 5.24. The SMILES string of the molecule is CC(=O)Nc1ccc(OC2C[C@@H](C)[CH-]O2)cc1.[Cs+]. The average molecular weight is 367 g/mol. The van der Waals surface area contributed by atoms with Crippen LogP contribution in [0.15, 0.2) is 24.3 Å². The van der Waals surface area contributed by atoms with Crippen molar-refractivity contribution in [1.29, 1.82) is 0 Å². The molecule has 0 saturated carbocycles. The topological polar surface area (TPSA) is 47.6 Å². The van der Waals surface area contributed by atoms with Gasteiger partial charge in [0.15, 0.2) is 6.29 Å². The molecule has 0 aliphatic carbocycles. The van der Waals surface area contributed by atoms with Crippen molar-refractivity contribution >= 4 is 11.6 Å². The van der Waals surface area contributed by atoms with Crippen LogP contribution in [0.4, 0.5) is 5.69 Å². The summed E-state index contributed by atoms with van der Waals surface area (Å²) in [6.45, 7) is 5.37. The van der Waals surface area contributed by atoms with E-state index in [2.05, 4.69) is 12.2 Å². The van der Waals surface area contributed by atoms with Crippen LogP contribution in [0.5, 0.6) is 5.75 Å². The molecule has 1 saturated heterocycles. The number of carbonyl (C=O) groups is 1. The van der Waals surface area contributed by atoms with Gasteiger partial charge >= 0.3 is 68.9 Å². The molecule has 1 heterocycles. The average Bonchev–Trinajstić information content (AvgIpc) is 2.66. The number of amides is 1. The van der Waals surface area contributed by atoms with Crippen LogP contribution in [0.3, 0.4) is 0 Å². The minimum Gasteiger partial charge on any atom is -0.520 e. The summed E-state index contributed by atoms with van der Waals surface area (Å²) in [5.41, 5.74) is 0.761. The predicted octanol–water partition coefficient (Wildman–Crippen LogP) is -0.428. The zero-order valence-electron chi connectivity index (χ0n) is 11.0. The van der Waals surface area contributed by atoms with E-state index in [-0.39, 0.29) is 81.1 Å². The summed E-state index contributed by atoms with van der Waals surface area (Å²) in [6, 6.07) is 7.24. The van der Waals surface area contributed by atoms with Crippen molar-refractivity contribution in [3.8, 4) is 5.75 Å². The number of benzene rings is 1. The van der Waals surface area contributed by atoms with E-state index < -0.39 is 0 Å². The summed E-state index contributed by atoms with van der Waals surface area (Å²) < 4.78 is 11.0. The van der Waals surface area contributed by atoms with Crippen LogP contribution in [0, 0.1) is 12.5 Å². The predicted molar refractivity (Wildman–Crippen MR) is 64.3 cm³/mol. The molecule has 2 atom stereocenters. The molecule has 0 aromatic heterocycles. The second kappa shape index (κ2) is 7.94. The van der Waals surface area contributed by atoms with Crippen molar-refractivity contribution in [2.75, 3.05) is 5.32 Å². The number of ether oxygens (including phenoxy) is 2. The van der Waals surface area contributed by atoms with Crippen molar-refractivity contribution < 1.29 is 83.2 Å². The van der Waals surface area contributed by atoms with E-state index >= 15 is 0 Å². The summed E-state index contributed by atoms with van der Waals surface area (Å²) in [6.07, 6.45) is 0.671. The zero-order chi connectivity index (χ0) is 12.3. The molecule has 92 valence electrons. The van der Waals surface area contributed by atoms with Gasteiger partial charge in [-0.1, -0.05) is 6.92 Å². The Morgan fingerprint density at radius 3 is 2.61 bits per heavy atom. The standard InChI is InChI=1S/C13H16NO3.Cs/c1-9-7-13(16-8-9)17-12-5-3-11(4-6-12)14-10(2)15;/h3-6,8-9,13H,7H2,1-2H3,(H,14,15);/q-1;+1/t9-,13?;/m1./s1. The van der Waals surface area contributed by atoms with Gasteiger partial charge in [-0.05, 0) is 30.7 Å². The van der Waals surface area contributed by atoms with Gasteiger partial charge in [-0.25, -0.2) is 6.61 Å². The Bertz CT molecular complexity index is 394. The molecule has 1 fully saturated rings. The molecule has 5 heteroatoms. The van der Waals surface area contributed by atoms with Crippen molar-refractivity contribution in [2.24, 2.45) is 5.92 Å². The van der Waals surface area contributed by atoms with Gasteiger partial charge in [-0.2, -0.15) is 0 Å². The van der Waals surface area contributed by atoms with Crippen LogP contribution in [-0.2, 0) is 9.53 Å². The molecular weight excluding hydrogens is 351 g/mol. The smallest absolute Gasteiger partial charge is 0.520 e. The number of hydrogen-bond donors (Lipinski definition) is 1. The molecule has 0 bridgehead atoms. The molecule has 1 aromatic rings. The first kappa shape index (κ1) is 16.6. The molecule has 1 aliphatic rings. The molecule has 0 radical (unpaired) electrons. The van der Waals surface area contributed by atoms with Gasteiger partial charge in [0.1, 0.15) is 5.75 Å². The number of rotatable bonds is 3. The Hall–Kier alpha value is 0.502. The summed E-state index contributed by atoms with van der Waals surface area (Å²) in [7, 11) is 0. The van der Waals surface area contributed by atoms with Crippen LogP contribution in [0.25, 0.3) is 0 Å². The van der Waals surface area contributed by atoms with E-state index in [9.17, 15) is 4.79 Å². The Balaban J connectivity index is 0.00000162. The molecular formula is C13H16CsNO3. The maximum absolute atomic E-state index is 10.8. The molecule has 0 spiro atoms. The molecule has 18 heavy (non-hydrogen) atoms. The molecule has 1 aromatic carbocycles. The van der Waals surface area contributed by atoms with Crippen LogP contribution in [0.1, 0.15) is 20.3 Å². The molecule has 1 aliphatic heterocycles. The Labute approximate surface area is 166 Å². The first-order chi connectivity index (χ1) is 8.13. The normalized spacial score (nSPS) is 22.1. The van der Waals surface area contributed by atoms with Gasteiger partial charge < -0.3 is 14.8 Å². The van der Waals surface area contributed by atoms with Crippen molar-refractivity contribution in [2.45, 2.75) is 26.6 Å². The zero-order valence-corrected chi connectivity index (χ0v) is 17.3. The van der Waals surface area contributed by atoms with Gasteiger partial charge in [-0.3, -0.25) is 4.79 Å². The van der Waals surface area contributed by atoms with E-state index in [0.717, 1.165) is 17.9 Å². The summed E-state index contributed by atoms with van der Waals surface area (Å²) in [4.78, 5) is 10.8. The van der Waals surface area contributed by atoms with Crippen molar-refractivity contribution in [3.05, 3.63) is 30.9 Å². The largest absolute Gasteiger partial charge is 1.00 e. The van der Waals surface area contributed by atoms with Crippen molar-refractivity contribution in [3.63, 3.8) is 0 Å². The third-order valence-electron chi connectivity index (χ3n) is 2.47. The van der Waals surface area contributed by atoms with E-state index in [1.807, 2.05) is 12.1 Å². The van der Waals surface area contributed by atoms with Crippen molar-refractivity contribution in [1.82, 2.24) is 0 Å². The summed E-state index contributed by atoms with van der Waals surface area (Å²) >= 11 is 0. The number of carbonyl (C=O) groups excluding carboxylic acids is 1. The fourth-order valence-corrected chi connectivity index (χ4v) is 1.68. The van der Waals surface area contributed by atoms with Crippen LogP contribution in [-0.4, -0.2) is 12.2 Å². The van der Waals surface area contributed by atoms with Crippen LogP contribution in [0.2, 0.25) is 0 Å². The molecule has 4 nitrogen and oxygen atoms in total. The van der Waals surface area contributed by atoms with Gasteiger partial charge in [-0.15, -0.1) is 5.92 Å². The van der Waals surface area contributed by atoms with Gasteiger partial charge in [0.2, 0.25) is 5.91 Å². The summed E-state index contributed by atoms with van der Waals surface area (Å²) in [5, 5.41) is 2.70. The van der Waals surface area contributed by atoms with Gasteiger partial charge in [0.25, 0.3) is 0 Å². The summed E-state index contributed by atoms with van der Waals surface area (Å²) in [5.74, 6) is 1.09. The fraction of sp³-hybridized carbons (Fsp3) is 0.385. The maximum Gasteiger partial charge on any atom is 1.00 e. The fourth-order valence-electron chi connectivity index (χ4n) is 1.68. The quantitative estimate of drug-likeness (QED) is 0.738. The van der Waals surface area contributed by atoms with E-state index in [4.69, 9.17) is 9.47 Å². The van der Waals surface area contributed by atoms with Gasteiger partial charge in [0.05, 0.1) is 0 Å². The first-order valence-corrected chi connectivity index (χ1v) is 5.66. The monoisotopic (exact) mass is 367 g/mol. The number of anilines is 1. The Morgan fingerprint density at radius 1 is 1.44 bits per heavy atom. The van der Waals surface area contributed by atoms with Crippen LogP contribution < -0.4 is 78.9 Å². The van der Waals surface area contributed by atoms with E-state index in [1.165, 1.54) is 6.92 Å². The molecule has 1 unspecified atom stereocenters. The van der Waals surface area contributed by atoms with Gasteiger partial charge in [0, 0.05) is 12.6 Å². The van der Waals surface area contributed by atoms with E-state index in [1.54, 1.807) is 18.7 Å². The third-order valence-corrected chi connectivity index (χ3v) is 2.47. The van der Waals surface area contributed by atoms with E-state index in [0.29, 0.717) is 5.92 Å². The second-order valence-electron chi connectivity index (χ2n) is 4.24. The minimum atomic E-state index is -0.198. The molecule has 2 rings (SSSR count). The number of hydrogen-bond acceptors (Lipinski definition) is 3. The Kier molecular flexibility index (Phi) is 7.30. The Morgan fingerprint density at radius 2 is 2.11 bits per heavy atom. The first-order valence-electron chi connectivity index (χ1n) is 5.66. The second-order valence-corrected chi connectivity index (χ2v) is 4.24. The molecule has 1 amide bonds. The maximum atomic E-state index is 10.8. The minimum absolute atomic E-state index is 0. The number of nitrogens with one attached hydrogen (secondary N) is 1. The van der Waals surface area contributed by atoms with Crippen LogP contribution >= 0.6 is 0 Å². The molecule has 1 N–H and O–H groups in total.